The zero-order valence-electron chi connectivity index (χ0n) is 12.6. The molecule has 0 aliphatic carbocycles. The van der Waals surface area contributed by atoms with Crippen LogP contribution in [0.15, 0.2) is 53.3 Å². The van der Waals surface area contributed by atoms with Gasteiger partial charge in [0.25, 0.3) is 0 Å². The highest BCUT2D eigenvalue weighted by atomic mass is 16.5. The van der Waals surface area contributed by atoms with E-state index in [0.29, 0.717) is 22.4 Å². The molecule has 116 valence electrons. The first-order valence-electron chi connectivity index (χ1n) is 7.25. The van der Waals surface area contributed by atoms with E-state index in [-0.39, 0.29) is 18.6 Å². The molecule has 23 heavy (non-hydrogen) atoms. The third-order valence-corrected chi connectivity index (χ3v) is 3.46. The first kappa shape index (κ1) is 15.0. The van der Waals surface area contributed by atoms with Crippen LogP contribution in [0.1, 0.15) is 28.8 Å². The molecular formula is C18H15NO4. The van der Waals surface area contributed by atoms with Gasteiger partial charge in [-0.15, -0.1) is 0 Å². The number of benzene rings is 2. The quantitative estimate of drug-likeness (QED) is 0.408. The highest BCUT2D eigenvalue weighted by Crippen LogP contribution is 2.20. The maximum atomic E-state index is 12.0. The van der Waals surface area contributed by atoms with E-state index in [1.807, 2.05) is 19.1 Å². The predicted octanol–water partition coefficient (Wildman–Crippen LogP) is 3.70. The molecule has 5 nitrogen and oxygen atoms in total. The molecule has 0 N–H and O–H groups in total. The fraction of sp³-hybridized carbons (Fsp3) is 0.167. The van der Waals surface area contributed by atoms with Crippen LogP contribution >= 0.6 is 0 Å². The van der Waals surface area contributed by atoms with Crippen LogP contribution in [0.3, 0.4) is 0 Å². The summed E-state index contributed by atoms with van der Waals surface area (Å²) in [5.74, 6) is -0.138. The molecule has 2 aromatic carbocycles. The Morgan fingerprint density at radius 1 is 1.09 bits per heavy atom. The lowest BCUT2D eigenvalue weighted by atomic mass is 10.1. The van der Waals surface area contributed by atoms with Crippen molar-refractivity contribution >= 4 is 22.9 Å². The van der Waals surface area contributed by atoms with Gasteiger partial charge >= 0.3 is 5.97 Å². The Kier molecular flexibility index (Phi) is 4.19. The van der Waals surface area contributed by atoms with Crippen molar-refractivity contribution in [1.82, 2.24) is 4.98 Å². The lowest BCUT2D eigenvalue weighted by Gasteiger charge is -2.04. The van der Waals surface area contributed by atoms with Crippen molar-refractivity contribution in [2.75, 3.05) is 0 Å². The number of aromatic nitrogens is 1. The topological polar surface area (TPSA) is 69.4 Å². The second-order valence-electron chi connectivity index (χ2n) is 5.25. The molecule has 0 fully saturated rings. The first-order chi connectivity index (χ1) is 11.1. The molecule has 1 heterocycles. The normalized spacial score (nSPS) is 10.7. The van der Waals surface area contributed by atoms with Gasteiger partial charge in [-0.25, -0.2) is 4.98 Å². The smallest absolute Gasteiger partial charge is 0.311 e. The summed E-state index contributed by atoms with van der Waals surface area (Å²) in [6.07, 6.45) is 1.48. The lowest BCUT2D eigenvalue weighted by Crippen LogP contribution is -2.10. The average Bonchev–Trinajstić information content (AvgIpc) is 3.01. The van der Waals surface area contributed by atoms with E-state index in [9.17, 15) is 9.59 Å². The molecule has 0 aliphatic rings. The molecule has 0 atom stereocenters. The van der Waals surface area contributed by atoms with Crippen molar-refractivity contribution in [3.63, 3.8) is 0 Å². The van der Waals surface area contributed by atoms with Crippen LogP contribution in [-0.4, -0.2) is 16.7 Å². The Bertz CT molecular complexity index is 849. The van der Waals surface area contributed by atoms with Gasteiger partial charge in [0.05, 0.1) is 6.42 Å². The number of rotatable bonds is 5. The van der Waals surface area contributed by atoms with E-state index in [1.54, 1.807) is 30.3 Å². The number of carbonyl (C=O) groups is 2. The zero-order valence-corrected chi connectivity index (χ0v) is 12.6. The van der Waals surface area contributed by atoms with Crippen molar-refractivity contribution < 1.29 is 18.7 Å². The summed E-state index contributed by atoms with van der Waals surface area (Å²) in [6.45, 7) is 1.96. The number of aryl methyl sites for hydroxylation is 1. The predicted molar refractivity (Wildman–Crippen MR) is 84.4 cm³/mol. The highest BCUT2D eigenvalue weighted by Gasteiger charge is 2.11. The first-order valence-corrected chi connectivity index (χ1v) is 7.25. The number of ether oxygens (including phenoxy) is 1. The minimum absolute atomic E-state index is 0.0313. The molecule has 5 heteroatoms. The third kappa shape index (κ3) is 3.63. The summed E-state index contributed by atoms with van der Waals surface area (Å²) < 4.78 is 10.3. The van der Waals surface area contributed by atoms with Crippen molar-refractivity contribution in [2.24, 2.45) is 0 Å². The van der Waals surface area contributed by atoms with Gasteiger partial charge in [0, 0.05) is 18.1 Å². The third-order valence-electron chi connectivity index (χ3n) is 3.46. The van der Waals surface area contributed by atoms with E-state index < -0.39 is 5.97 Å². The summed E-state index contributed by atoms with van der Waals surface area (Å²) in [6, 6.07) is 12.2. The average molecular weight is 309 g/mol. The Morgan fingerprint density at radius 2 is 1.87 bits per heavy atom. The van der Waals surface area contributed by atoms with Crippen LogP contribution in [0.4, 0.5) is 0 Å². The molecule has 0 unspecified atom stereocenters. The number of carbonyl (C=O) groups excluding carboxylic acids is 2. The van der Waals surface area contributed by atoms with Crippen molar-refractivity contribution in [1.29, 1.82) is 0 Å². The summed E-state index contributed by atoms with van der Waals surface area (Å²) in [7, 11) is 0. The minimum atomic E-state index is -0.451. The number of ketones is 1. The van der Waals surface area contributed by atoms with Gasteiger partial charge in [-0.1, -0.05) is 29.8 Å². The van der Waals surface area contributed by atoms with Gasteiger partial charge in [0.2, 0.25) is 0 Å². The van der Waals surface area contributed by atoms with Gasteiger partial charge < -0.3 is 9.15 Å². The van der Waals surface area contributed by atoms with Crippen LogP contribution in [-0.2, 0) is 4.79 Å². The number of esters is 1. The Labute approximate surface area is 132 Å². The summed E-state index contributed by atoms with van der Waals surface area (Å²) in [4.78, 5) is 27.9. The standard InChI is InChI=1S/C18H15NO4/c1-12-2-4-13(5-3-12)16(20)7-9-18(21)23-14-6-8-17-15(10-14)19-11-22-17/h2-6,8,10-11H,7,9H2,1H3. The summed E-state index contributed by atoms with van der Waals surface area (Å²) in [5.41, 5.74) is 2.93. The molecular weight excluding hydrogens is 294 g/mol. The summed E-state index contributed by atoms with van der Waals surface area (Å²) in [5, 5.41) is 0. The monoisotopic (exact) mass is 309 g/mol. The van der Waals surface area contributed by atoms with Gasteiger partial charge in [0.1, 0.15) is 11.3 Å². The van der Waals surface area contributed by atoms with Crippen LogP contribution in [0, 0.1) is 6.92 Å². The van der Waals surface area contributed by atoms with Crippen LogP contribution < -0.4 is 4.74 Å². The van der Waals surface area contributed by atoms with E-state index in [4.69, 9.17) is 9.15 Å². The molecule has 0 bridgehead atoms. The number of hydrogen-bond donors (Lipinski definition) is 0. The zero-order chi connectivity index (χ0) is 16.2. The molecule has 0 saturated carbocycles. The molecule has 0 saturated heterocycles. The van der Waals surface area contributed by atoms with E-state index in [1.165, 1.54) is 6.39 Å². The van der Waals surface area contributed by atoms with Gasteiger partial charge in [-0.3, -0.25) is 9.59 Å². The van der Waals surface area contributed by atoms with Gasteiger partial charge in [0.15, 0.2) is 17.8 Å². The second-order valence-corrected chi connectivity index (χ2v) is 5.25. The van der Waals surface area contributed by atoms with Crippen molar-refractivity contribution in [3.8, 4) is 5.75 Å². The summed E-state index contributed by atoms with van der Waals surface area (Å²) >= 11 is 0. The SMILES string of the molecule is Cc1ccc(C(=O)CCC(=O)Oc2ccc3ocnc3c2)cc1. The van der Waals surface area contributed by atoms with Gasteiger partial charge in [-0.05, 0) is 19.1 Å². The number of hydrogen-bond acceptors (Lipinski definition) is 5. The van der Waals surface area contributed by atoms with Crippen LogP contribution in [0.25, 0.3) is 11.1 Å². The molecule has 3 aromatic rings. The molecule has 0 amide bonds. The number of fused-ring (bicyclic) bond motifs is 1. The van der Waals surface area contributed by atoms with E-state index >= 15 is 0 Å². The minimum Gasteiger partial charge on any atom is -0.443 e. The van der Waals surface area contributed by atoms with Crippen molar-refractivity contribution in [2.45, 2.75) is 19.8 Å². The van der Waals surface area contributed by atoms with Crippen molar-refractivity contribution in [3.05, 3.63) is 60.0 Å². The number of oxazole rings is 1. The fourth-order valence-corrected chi connectivity index (χ4v) is 2.18. The van der Waals surface area contributed by atoms with Crippen LogP contribution in [0.2, 0.25) is 0 Å². The molecule has 0 spiro atoms. The molecule has 1 aromatic heterocycles. The maximum Gasteiger partial charge on any atom is 0.311 e. The Morgan fingerprint density at radius 3 is 2.65 bits per heavy atom. The van der Waals surface area contributed by atoms with Gasteiger partial charge in [-0.2, -0.15) is 0 Å². The molecule has 3 rings (SSSR count). The Hall–Kier alpha value is -2.95. The maximum absolute atomic E-state index is 12.0. The highest BCUT2D eigenvalue weighted by molar-refractivity contribution is 5.97. The Balaban J connectivity index is 1.56. The number of Topliss-reactive ketones (excluding diaryl/α,β-unsaturated/α-hetero) is 1. The largest absolute Gasteiger partial charge is 0.443 e. The number of nitrogens with zero attached hydrogens (tertiary/aromatic N) is 1. The molecule has 0 aliphatic heterocycles. The van der Waals surface area contributed by atoms with E-state index in [0.717, 1.165) is 5.56 Å². The fourth-order valence-electron chi connectivity index (χ4n) is 2.18. The molecule has 0 radical (unpaired) electrons. The second kappa shape index (κ2) is 6.44. The van der Waals surface area contributed by atoms with E-state index in [2.05, 4.69) is 4.98 Å². The lowest BCUT2D eigenvalue weighted by molar-refractivity contribution is -0.134. The van der Waals surface area contributed by atoms with Crippen LogP contribution in [0.5, 0.6) is 5.75 Å².